The van der Waals surface area contributed by atoms with Crippen molar-refractivity contribution >= 4 is 0 Å². The third kappa shape index (κ3) is 4.00. The molecule has 0 aromatic carbocycles. The van der Waals surface area contributed by atoms with Gasteiger partial charge in [-0.15, -0.1) is 0 Å². The molecule has 86 valence electrons. The minimum absolute atomic E-state index is 0.811. The molecular weight excluding hydrogens is 170 g/mol. The van der Waals surface area contributed by atoms with Gasteiger partial charge in [0.15, 0.2) is 0 Å². The van der Waals surface area contributed by atoms with Gasteiger partial charge in [0.1, 0.15) is 0 Å². The van der Waals surface area contributed by atoms with Crippen molar-refractivity contribution in [2.45, 2.75) is 66.2 Å². The van der Waals surface area contributed by atoms with Crippen LogP contribution in [0, 0.1) is 5.41 Å². The second-order valence-corrected chi connectivity index (χ2v) is 3.96. The molecule has 2 fully saturated rings. The van der Waals surface area contributed by atoms with Crippen molar-refractivity contribution in [1.29, 1.82) is 0 Å². The first-order valence-corrected chi connectivity index (χ1v) is 6.62. The van der Waals surface area contributed by atoms with Crippen molar-refractivity contribution in [2.75, 3.05) is 13.1 Å². The first kappa shape index (κ1) is 14.0. The molecule has 0 aromatic rings. The maximum Gasteiger partial charge on any atom is -0.00436 e. The van der Waals surface area contributed by atoms with Gasteiger partial charge in [0, 0.05) is 0 Å². The fourth-order valence-corrected chi connectivity index (χ4v) is 2.58. The van der Waals surface area contributed by atoms with E-state index in [0.717, 1.165) is 5.41 Å². The molecule has 1 N–H and O–H groups in total. The Morgan fingerprint density at radius 1 is 0.714 bits per heavy atom. The Balaban J connectivity index is 0.000000379. The Hall–Kier alpha value is -0.0400. The summed E-state index contributed by atoms with van der Waals surface area (Å²) in [4.78, 5) is 0. The third-order valence-corrected chi connectivity index (χ3v) is 3.33. The van der Waals surface area contributed by atoms with E-state index in [4.69, 9.17) is 0 Å². The Morgan fingerprint density at radius 2 is 1.14 bits per heavy atom. The van der Waals surface area contributed by atoms with Crippen LogP contribution in [0.1, 0.15) is 66.2 Å². The molecule has 1 saturated heterocycles. The normalized spacial score (nSPS) is 23.1. The van der Waals surface area contributed by atoms with Crippen LogP contribution in [-0.4, -0.2) is 13.1 Å². The van der Waals surface area contributed by atoms with Gasteiger partial charge in [-0.05, 0) is 44.2 Å². The summed E-state index contributed by atoms with van der Waals surface area (Å²) in [6.45, 7) is 10.6. The van der Waals surface area contributed by atoms with Crippen LogP contribution in [0.4, 0.5) is 0 Å². The lowest BCUT2D eigenvalue weighted by molar-refractivity contribution is 0.210. The fraction of sp³-hybridized carbons (Fsp3) is 1.00. The van der Waals surface area contributed by atoms with Crippen molar-refractivity contribution < 1.29 is 0 Å². The monoisotopic (exact) mass is 199 g/mol. The number of piperidine rings is 1. The second-order valence-electron chi connectivity index (χ2n) is 3.96. The third-order valence-electron chi connectivity index (χ3n) is 3.33. The number of nitrogens with one attached hydrogen (secondary N) is 1. The van der Waals surface area contributed by atoms with Crippen molar-refractivity contribution in [2.24, 2.45) is 5.41 Å². The van der Waals surface area contributed by atoms with Crippen LogP contribution >= 0.6 is 0 Å². The molecule has 0 unspecified atom stereocenters. The van der Waals surface area contributed by atoms with Crippen LogP contribution in [-0.2, 0) is 0 Å². The van der Waals surface area contributed by atoms with Crippen LogP contribution in [0.5, 0.6) is 0 Å². The van der Waals surface area contributed by atoms with Crippen molar-refractivity contribution in [3.63, 3.8) is 0 Å². The minimum Gasteiger partial charge on any atom is -0.317 e. The summed E-state index contributed by atoms with van der Waals surface area (Å²) >= 11 is 0. The Morgan fingerprint density at radius 3 is 1.57 bits per heavy atom. The lowest BCUT2D eigenvalue weighted by Crippen LogP contribution is -2.34. The van der Waals surface area contributed by atoms with E-state index in [-0.39, 0.29) is 0 Å². The molecule has 1 heteroatoms. The first-order chi connectivity index (χ1) is 6.91. The lowest BCUT2D eigenvalue weighted by Gasteiger charge is -2.33. The largest absolute Gasteiger partial charge is 0.317 e. The quantitative estimate of drug-likeness (QED) is 0.622. The minimum atomic E-state index is 0.811. The topological polar surface area (TPSA) is 12.0 Å². The first-order valence-electron chi connectivity index (χ1n) is 6.62. The maximum absolute atomic E-state index is 3.44. The zero-order chi connectivity index (χ0) is 10.9. The van der Waals surface area contributed by atoms with Gasteiger partial charge in [0.25, 0.3) is 0 Å². The molecular formula is C13H29N. The predicted molar refractivity (Wildman–Crippen MR) is 65.7 cm³/mol. The second kappa shape index (κ2) is 8.28. The molecule has 1 heterocycles. The van der Waals surface area contributed by atoms with Crippen molar-refractivity contribution in [3.05, 3.63) is 0 Å². The summed E-state index contributed by atoms with van der Waals surface area (Å²) in [5.74, 6) is 0. The number of rotatable bonds is 0. The molecule has 1 saturated carbocycles. The molecule has 1 aliphatic carbocycles. The highest BCUT2D eigenvalue weighted by molar-refractivity contribution is 4.88. The van der Waals surface area contributed by atoms with E-state index in [0.29, 0.717) is 0 Å². The highest BCUT2D eigenvalue weighted by Gasteiger charge is 2.34. The molecule has 0 radical (unpaired) electrons. The number of hydrogen-bond donors (Lipinski definition) is 1. The van der Waals surface area contributed by atoms with E-state index in [1.165, 1.54) is 51.6 Å². The Labute approximate surface area is 90.7 Å². The summed E-state index contributed by atoms with van der Waals surface area (Å²) in [5, 5.41) is 3.44. The smallest absolute Gasteiger partial charge is 0.00436 e. The highest BCUT2D eigenvalue weighted by Crippen LogP contribution is 2.44. The zero-order valence-electron chi connectivity index (χ0n) is 10.7. The van der Waals surface area contributed by atoms with E-state index in [9.17, 15) is 0 Å². The molecule has 0 aromatic heterocycles. The van der Waals surface area contributed by atoms with Crippen molar-refractivity contribution in [3.8, 4) is 0 Å². The molecule has 1 spiro atoms. The maximum atomic E-state index is 3.44. The molecule has 2 aliphatic rings. The number of hydrogen-bond acceptors (Lipinski definition) is 1. The average molecular weight is 199 g/mol. The van der Waals surface area contributed by atoms with Gasteiger partial charge >= 0.3 is 0 Å². The van der Waals surface area contributed by atoms with Gasteiger partial charge in [-0.1, -0.05) is 40.5 Å². The molecule has 0 atom stereocenters. The van der Waals surface area contributed by atoms with Gasteiger partial charge in [-0.3, -0.25) is 0 Å². The van der Waals surface area contributed by atoms with E-state index >= 15 is 0 Å². The van der Waals surface area contributed by atoms with Gasteiger partial charge < -0.3 is 5.32 Å². The van der Waals surface area contributed by atoms with Crippen LogP contribution in [0.15, 0.2) is 0 Å². The standard InChI is InChI=1S/C9H17N.2C2H6/c1-2-4-9(3-1)5-7-10-8-6-9;2*1-2/h10H,1-8H2;2*1-2H3. The molecule has 1 nitrogen and oxygen atoms in total. The van der Waals surface area contributed by atoms with E-state index in [2.05, 4.69) is 5.32 Å². The summed E-state index contributed by atoms with van der Waals surface area (Å²) < 4.78 is 0. The highest BCUT2D eigenvalue weighted by atomic mass is 14.9. The summed E-state index contributed by atoms with van der Waals surface area (Å²) in [7, 11) is 0. The Kier molecular flexibility index (Phi) is 8.26. The fourth-order valence-electron chi connectivity index (χ4n) is 2.58. The zero-order valence-corrected chi connectivity index (χ0v) is 10.7. The summed E-state index contributed by atoms with van der Waals surface area (Å²) in [5.41, 5.74) is 0.811. The van der Waals surface area contributed by atoms with Gasteiger partial charge in [-0.2, -0.15) is 0 Å². The lowest BCUT2D eigenvalue weighted by atomic mass is 9.78. The van der Waals surface area contributed by atoms with Crippen LogP contribution in [0.2, 0.25) is 0 Å². The summed E-state index contributed by atoms with van der Waals surface area (Å²) in [6.07, 6.45) is 8.95. The van der Waals surface area contributed by atoms with Crippen LogP contribution in [0.3, 0.4) is 0 Å². The van der Waals surface area contributed by atoms with E-state index < -0.39 is 0 Å². The van der Waals surface area contributed by atoms with Crippen molar-refractivity contribution in [1.82, 2.24) is 5.32 Å². The predicted octanol–water partition coefficient (Wildman–Crippen LogP) is 3.98. The van der Waals surface area contributed by atoms with E-state index in [1.54, 1.807) is 0 Å². The molecule has 2 rings (SSSR count). The van der Waals surface area contributed by atoms with Gasteiger partial charge in [0.2, 0.25) is 0 Å². The summed E-state index contributed by atoms with van der Waals surface area (Å²) in [6, 6.07) is 0. The van der Waals surface area contributed by atoms with Gasteiger partial charge in [-0.25, -0.2) is 0 Å². The molecule has 14 heavy (non-hydrogen) atoms. The van der Waals surface area contributed by atoms with E-state index in [1.807, 2.05) is 27.7 Å². The molecule has 1 aliphatic heterocycles. The average Bonchev–Trinajstić information content (AvgIpc) is 2.73. The SMILES string of the molecule is C1CCC2(C1)CCNCC2.CC.CC. The Bertz CT molecular complexity index is 106. The molecule has 0 bridgehead atoms. The molecule has 0 amide bonds. The van der Waals surface area contributed by atoms with Crippen LogP contribution < -0.4 is 5.32 Å². The van der Waals surface area contributed by atoms with Crippen LogP contribution in [0.25, 0.3) is 0 Å². The van der Waals surface area contributed by atoms with Gasteiger partial charge in [0.05, 0.1) is 0 Å².